The predicted molar refractivity (Wildman–Crippen MR) is 295 cm³/mol. The SMILES string of the molecule is CC1(C)c2ccccc2-c2ccc(N(c3cccc(N(c4ccc5oc6ccccc6c5c4)c4cccc5ccccc45)c3)c3cccc(C4(c5ccccc5)c5ccccc5-c5ccccc54)c3)cc21. The number of furan rings is 1. The smallest absolute Gasteiger partial charge is 0.135 e. The Morgan fingerprint density at radius 3 is 1.59 bits per heavy atom. The molecule has 0 unspecified atom stereocenters. The molecule has 12 aromatic rings. The van der Waals surface area contributed by atoms with E-state index in [9.17, 15) is 0 Å². The molecule has 14 rings (SSSR count). The molecule has 3 nitrogen and oxygen atoms in total. The van der Waals surface area contributed by atoms with Crippen LogP contribution in [-0.2, 0) is 10.8 Å². The van der Waals surface area contributed by atoms with Crippen LogP contribution in [0, 0.1) is 0 Å². The van der Waals surface area contributed by atoms with E-state index in [0.29, 0.717) is 0 Å². The van der Waals surface area contributed by atoms with Gasteiger partial charge < -0.3 is 14.2 Å². The Hall–Kier alpha value is -8.92. The van der Waals surface area contributed by atoms with Crippen molar-refractivity contribution in [2.75, 3.05) is 9.80 Å². The summed E-state index contributed by atoms with van der Waals surface area (Å²) in [6.45, 7) is 4.74. The van der Waals surface area contributed by atoms with E-state index in [2.05, 4.69) is 272 Å². The zero-order chi connectivity index (χ0) is 47.3. The molecule has 1 heterocycles. The van der Waals surface area contributed by atoms with Crippen molar-refractivity contribution in [3.8, 4) is 22.3 Å². The summed E-state index contributed by atoms with van der Waals surface area (Å²) in [7, 11) is 0. The molecule has 0 saturated heterocycles. The van der Waals surface area contributed by atoms with Gasteiger partial charge in [-0.3, -0.25) is 0 Å². The van der Waals surface area contributed by atoms with E-state index in [1.54, 1.807) is 0 Å². The summed E-state index contributed by atoms with van der Waals surface area (Å²) >= 11 is 0. The molecule has 0 bridgehead atoms. The van der Waals surface area contributed by atoms with Gasteiger partial charge in [0.25, 0.3) is 0 Å². The molecule has 0 aliphatic heterocycles. The number of rotatable bonds is 8. The number of para-hydroxylation sites is 1. The Balaban J connectivity index is 1.01. The van der Waals surface area contributed by atoms with Crippen LogP contribution in [0.1, 0.15) is 47.2 Å². The molecule has 0 spiro atoms. The number of fused-ring (bicyclic) bond motifs is 10. The Morgan fingerprint density at radius 1 is 0.310 bits per heavy atom. The van der Waals surface area contributed by atoms with Gasteiger partial charge in [0.15, 0.2) is 0 Å². The molecule has 71 heavy (non-hydrogen) atoms. The third-order valence-corrected chi connectivity index (χ3v) is 15.5. The van der Waals surface area contributed by atoms with Crippen LogP contribution in [0.5, 0.6) is 0 Å². The van der Waals surface area contributed by atoms with Crippen LogP contribution in [0.15, 0.2) is 259 Å². The minimum Gasteiger partial charge on any atom is -0.456 e. The van der Waals surface area contributed by atoms with E-state index < -0.39 is 5.41 Å². The highest BCUT2D eigenvalue weighted by atomic mass is 16.3. The molecule has 0 amide bonds. The molecule has 0 fully saturated rings. The van der Waals surface area contributed by atoms with Crippen LogP contribution in [0.25, 0.3) is 55.0 Å². The summed E-state index contributed by atoms with van der Waals surface area (Å²) in [4.78, 5) is 4.90. The lowest BCUT2D eigenvalue weighted by atomic mass is 9.67. The monoisotopic (exact) mass is 908 g/mol. The molecule has 2 aliphatic carbocycles. The van der Waals surface area contributed by atoms with Gasteiger partial charge in [-0.1, -0.05) is 196 Å². The molecule has 3 heteroatoms. The highest BCUT2D eigenvalue weighted by molar-refractivity contribution is 6.07. The standard InChI is InChI=1S/C68H48N2O/c1-67(2)60-32-12-8-28-54(60)57-39-37-52(44-63(57)67)69(48-24-17-23-47(41-48)68(46-21-4-3-5-22-46)61-33-13-9-29-55(61)56-30-10-14-34-62(56)68)49-25-18-26-50(42-49)70(64-35-16-20-45-19-6-7-27-53(45)64)51-38-40-66-59(43-51)58-31-11-15-36-65(58)71-66/h3-44H,1-2H3. The average molecular weight is 909 g/mol. The lowest BCUT2D eigenvalue weighted by Gasteiger charge is -2.35. The normalized spacial score (nSPS) is 13.7. The van der Waals surface area contributed by atoms with Crippen LogP contribution in [0.2, 0.25) is 0 Å². The average Bonchev–Trinajstić information content (AvgIpc) is 4.03. The summed E-state index contributed by atoms with van der Waals surface area (Å²) < 4.78 is 6.38. The second-order valence-corrected chi connectivity index (χ2v) is 19.6. The lowest BCUT2D eigenvalue weighted by molar-refractivity contribution is 0.660. The molecule has 0 radical (unpaired) electrons. The van der Waals surface area contributed by atoms with Gasteiger partial charge in [-0.25, -0.2) is 0 Å². The quantitative estimate of drug-likeness (QED) is 0.151. The summed E-state index contributed by atoms with van der Waals surface area (Å²) in [6, 6.07) is 93.8. The van der Waals surface area contributed by atoms with Gasteiger partial charge in [0.05, 0.1) is 11.1 Å². The first kappa shape index (κ1) is 41.1. The third-order valence-electron chi connectivity index (χ3n) is 15.5. The van der Waals surface area contributed by atoms with Gasteiger partial charge in [0.1, 0.15) is 11.2 Å². The summed E-state index contributed by atoms with van der Waals surface area (Å²) in [5.41, 5.74) is 20.3. The maximum absolute atomic E-state index is 6.38. The van der Waals surface area contributed by atoms with Gasteiger partial charge in [-0.15, -0.1) is 0 Å². The fraction of sp³-hybridized carbons (Fsp3) is 0.0588. The minimum atomic E-state index is -0.555. The number of anilines is 6. The van der Waals surface area contributed by atoms with Crippen molar-refractivity contribution in [2.45, 2.75) is 24.7 Å². The van der Waals surface area contributed by atoms with E-state index >= 15 is 0 Å². The van der Waals surface area contributed by atoms with E-state index in [0.717, 1.165) is 56.1 Å². The molecule has 11 aromatic carbocycles. The van der Waals surface area contributed by atoms with Gasteiger partial charge in [-0.2, -0.15) is 0 Å². The van der Waals surface area contributed by atoms with E-state index in [-0.39, 0.29) is 5.41 Å². The molecule has 0 saturated carbocycles. The highest BCUT2D eigenvalue weighted by Crippen LogP contribution is 2.57. The van der Waals surface area contributed by atoms with Crippen molar-refractivity contribution in [2.24, 2.45) is 0 Å². The second-order valence-electron chi connectivity index (χ2n) is 19.6. The van der Waals surface area contributed by atoms with Crippen LogP contribution < -0.4 is 9.80 Å². The Morgan fingerprint density at radius 2 is 0.817 bits per heavy atom. The Kier molecular flexibility index (Phi) is 9.15. The molecule has 2 aliphatic rings. The van der Waals surface area contributed by atoms with E-state index in [1.165, 1.54) is 66.4 Å². The maximum Gasteiger partial charge on any atom is 0.135 e. The number of benzene rings is 11. The van der Waals surface area contributed by atoms with Crippen molar-refractivity contribution in [3.63, 3.8) is 0 Å². The molecule has 336 valence electrons. The predicted octanol–water partition coefficient (Wildman–Crippen LogP) is 18.3. The largest absolute Gasteiger partial charge is 0.456 e. The van der Waals surface area contributed by atoms with Gasteiger partial charge in [0, 0.05) is 50.0 Å². The summed E-state index contributed by atoms with van der Waals surface area (Å²) in [6.07, 6.45) is 0. The number of hydrogen-bond acceptors (Lipinski definition) is 3. The summed E-state index contributed by atoms with van der Waals surface area (Å²) in [5.74, 6) is 0. The minimum absolute atomic E-state index is 0.187. The van der Waals surface area contributed by atoms with Crippen molar-refractivity contribution in [3.05, 3.63) is 288 Å². The van der Waals surface area contributed by atoms with Crippen molar-refractivity contribution >= 4 is 66.8 Å². The Bertz CT molecular complexity index is 4020. The molecular weight excluding hydrogens is 861 g/mol. The topological polar surface area (TPSA) is 19.6 Å². The van der Waals surface area contributed by atoms with Crippen molar-refractivity contribution < 1.29 is 4.42 Å². The molecule has 1 aromatic heterocycles. The van der Waals surface area contributed by atoms with E-state index in [4.69, 9.17) is 4.42 Å². The van der Waals surface area contributed by atoms with Crippen LogP contribution in [0.3, 0.4) is 0 Å². The third kappa shape index (κ3) is 6.16. The first-order valence-electron chi connectivity index (χ1n) is 24.7. The van der Waals surface area contributed by atoms with Gasteiger partial charge in [-0.05, 0) is 134 Å². The Labute approximate surface area is 414 Å². The second kappa shape index (κ2) is 15.8. The maximum atomic E-state index is 6.38. The molecule has 0 atom stereocenters. The van der Waals surface area contributed by atoms with Gasteiger partial charge in [0.2, 0.25) is 0 Å². The van der Waals surface area contributed by atoms with Crippen LogP contribution in [-0.4, -0.2) is 0 Å². The fourth-order valence-corrected chi connectivity index (χ4v) is 12.3. The zero-order valence-electron chi connectivity index (χ0n) is 39.6. The van der Waals surface area contributed by atoms with Crippen molar-refractivity contribution in [1.82, 2.24) is 0 Å². The zero-order valence-corrected chi connectivity index (χ0v) is 39.6. The first-order valence-corrected chi connectivity index (χ1v) is 24.7. The molecular formula is C68H48N2O. The van der Waals surface area contributed by atoms with E-state index in [1.807, 2.05) is 6.07 Å². The number of nitrogens with zero attached hydrogens (tertiary/aromatic N) is 2. The van der Waals surface area contributed by atoms with Gasteiger partial charge >= 0.3 is 0 Å². The van der Waals surface area contributed by atoms with Crippen LogP contribution in [0.4, 0.5) is 34.1 Å². The fourth-order valence-electron chi connectivity index (χ4n) is 12.3. The van der Waals surface area contributed by atoms with Crippen LogP contribution >= 0.6 is 0 Å². The number of hydrogen-bond donors (Lipinski definition) is 0. The molecule has 0 N–H and O–H groups in total. The lowest BCUT2D eigenvalue weighted by Crippen LogP contribution is -2.28. The van der Waals surface area contributed by atoms with Crippen molar-refractivity contribution in [1.29, 1.82) is 0 Å². The first-order chi connectivity index (χ1) is 35.0. The highest BCUT2D eigenvalue weighted by Gasteiger charge is 2.46. The summed E-state index contributed by atoms with van der Waals surface area (Å²) in [5, 5.41) is 4.54.